The number of hydrogen-bond donors (Lipinski definition) is 1. The Morgan fingerprint density at radius 3 is 2.46 bits per heavy atom. The van der Waals surface area contributed by atoms with E-state index in [0.717, 1.165) is 37.3 Å². The lowest BCUT2D eigenvalue weighted by atomic mass is 9.89. The number of nitrogens with one attached hydrogen (secondary N) is 1. The van der Waals surface area contributed by atoms with Crippen molar-refractivity contribution in [1.29, 1.82) is 0 Å². The van der Waals surface area contributed by atoms with Crippen molar-refractivity contribution >= 4 is 34.0 Å². The molecule has 3 heterocycles. The van der Waals surface area contributed by atoms with Crippen LogP contribution in [0.15, 0.2) is 73.1 Å². The van der Waals surface area contributed by atoms with Crippen LogP contribution in [0.5, 0.6) is 0 Å². The van der Waals surface area contributed by atoms with Gasteiger partial charge >= 0.3 is 0 Å². The third-order valence-electron chi connectivity index (χ3n) is 7.93. The molecule has 1 N–H and O–H groups in total. The highest BCUT2D eigenvalue weighted by atomic mass is 16.5. The number of nitrogens with zero attached hydrogens (tertiary/aromatic N) is 4. The quantitative estimate of drug-likeness (QED) is 0.297. The van der Waals surface area contributed by atoms with Crippen LogP contribution in [-0.2, 0) is 11.8 Å². The molecule has 0 aliphatic carbocycles. The molecule has 4 aromatic rings. The van der Waals surface area contributed by atoms with E-state index >= 15 is 0 Å². The topological polar surface area (TPSA) is 62.6 Å². The fourth-order valence-corrected chi connectivity index (χ4v) is 5.31. The summed E-state index contributed by atoms with van der Waals surface area (Å²) in [6, 6.07) is 20.5. The first-order valence-electron chi connectivity index (χ1n) is 13.7. The number of piperidine rings is 1. The lowest BCUT2D eigenvalue weighted by Crippen LogP contribution is -2.37. The molecule has 5 rings (SSSR count). The zero-order valence-corrected chi connectivity index (χ0v) is 23.6. The molecule has 0 spiro atoms. The molecule has 0 radical (unpaired) electrons. The molecule has 39 heavy (non-hydrogen) atoms. The van der Waals surface area contributed by atoms with E-state index < -0.39 is 5.60 Å². The predicted octanol–water partition coefficient (Wildman–Crippen LogP) is 6.20. The summed E-state index contributed by atoms with van der Waals surface area (Å²) in [6.07, 6.45) is 6.12. The van der Waals surface area contributed by atoms with Crippen molar-refractivity contribution in [3.8, 4) is 0 Å². The number of fused-ring (bicyclic) bond motifs is 1. The molecule has 1 amide bonds. The molecule has 0 unspecified atom stereocenters. The molecule has 2 aromatic heterocycles. The van der Waals surface area contributed by atoms with Crippen LogP contribution in [0.4, 0.5) is 17.2 Å². The van der Waals surface area contributed by atoms with Gasteiger partial charge in [-0.3, -0.25) is 4.79 Å². The lowest BCUT2D eigenvalue weighted by molar-refractivity contribution is 0.0308. The molecule has 1 aliphatic rings. The van der Waals surface area contributed by atoms with Gasteiger partial charge in [0.1, 0.15) is 5.82 Å². The number of aryl methyl sites for hydroxylation is 1. The highest BCUT2D eigenvalue weighted by Crippen LogP contribution is 2.32. The van der Waals surface area contributed by atoms with E-state index in [1.54, 1.807) is 13.3 Å². The number of rotatable bonds is 8. The third-order valence-corrected chi connectivity index (χ3v) is 7.93. The van der Waals surface area contributed by atoms with Crippen LogP contribution in [0.1, 0.15) is 48.5 Å². The minimum absolute atomic E-state index is 0.163. The Kier molecular flexibility index (Phi) is 7.73. The summed E-state index contributed by atoms with van der Waals surface area (Å²) in [4.78, 5) is 22.2. The number of carbonyl (C=O) groups is 1. The van der Waals surface area contributed by atoms with Gasteiger partial charge in [-0.1, -0.05) is 12.1 Å². The number of benzene rings is 2. The summed E-state index contributed by atoms with van der Waals surface area (Å²) in [6.45, 7) is 7.00. The van der Waals surface area contributed by atoms with Crippen molar-refractivity contribution in [2.75, 3.05) is 44.0 Å². The number of pyridine rings is 1. The second kappa shape index (κ2) is 11.2. The first kappa shape index (κ1) is 26.9. The molecule has 7 heteroatoms. The zero-order valence-electron chi connectivity index (χ0n) is 23.6. The van der Waals surface area contributed by atoms with Gasteiger partial charge in [0.15, 0.2) is 0 Å². The van der Waals surface area contributed by atoms with Crippen molar-refractivity contribution in [1.82, 2.24) is 14.5 Å². The molecule has 204 valence electrons. The molecule has 1 aliphatic heterocycles. The Labute approximate surface area is 231 Å². The summed E-state index contributed by atoms with van der Waals surface area (Å²) in [5.41, 5.74) is 4.70. The second-order valence-corrected chi connectivity index (χ2v) is 11.3. The van der Waals surface area contributed by atoms with Crippen molar-refractivity contribution in [3.63, 3.8) is 0 Å². The molecule has 1 fully saturated rings. The van der Waals surface area contributed by atoms with Crippen LogP contribution in [0.3, 0.4) is 0 Å². The third kappa shape index (κ3) is 6.15. The molecule has 0 atom stereocenters. The summed E-state index contributed by atoms with van der Waals surface area (Å²) < 4.78 is 7.89. The maximum atomic E-state index is 13.1. The molecule has 0 bridgehead atoms. The normalized spacial score (nSPS) is 15.0. The largest absolute Gasteiger partial charge is 0.377 e. The van der Waals surface area contributed by atoms with Gasteiger partial charge in [0.25, 0.3) is 5.91 Å². The number of likely N-dealkylation sites (tertiary alicyclic amines) is 1. The smallest absolute Gasteiger partial charge is 0.256 e. The van der Waals surface area contributed by atoms with Crippen molar-refractivity contribution in [2.45, 2.75) is 38.2 Å². The van der Waals surface area contributed by atoms with Gasteiger partial charge in [-0.15, -0.1) is 0 Å². The number of amides is 1. The van der Waals surface area contributed by atoms with Gasteiger partial charge in [-0.05, 0) is 101 Å². The molecular formula is C32H39N5O2. The number of aromatic nitrogens is 2. The maximum absolute atomic E-state index is 13.1. The van der Waals surface area contributed by atoms with E-state index in [2.05, 4.69) is 88.2 Å². The van der Waals surface area contributed by atoms with E-state index in [-0.39, 0.29) is 5.91 Å². The molecular weight excluding hydrogens is 486 g/mol. The Balaban J connectivity index is 1.36. The number of hydrogen-bond acceptors (Lipinski definition) is 5. The van der Waals surface area contributed by atoms with Gasteiger partial charge in [0, 0.05) is 60.5 Å². The monoisotopic (exact) mass is 525 g/mol. The molecule has 7 nitrogen and oxygen atoms in total. The second-order valence-electron chi connectivity index (χ2n) is 11.3. The summed E-state index contributed by atoms with van der Waals surface area (Å²) in [7, 11) is 5.95. The first-order chi connectivity index (χ1) is 18.7. The SMILES string of the molecule is COC(C)(C)CN(c1ccnc(NC(=O)c2ccc(C3CCN(C)CC3)cc2)c1)c1ccc2c(ccn2C)c1. The highest BCUT2D eigenvalue weighted by molar-refractivity contribution is 6.04. The number of anilines is 3. The van der Waals surface area contributed by atoms with Gasteiger partial charge in [0.2, 0.25) is 0 Å². The van der Waals surface area contributed by atoms with Crippen LogP contribution in [0.25, 0.3) is 10.9 Å². The van der Waals surface area contributed by atoms with Crippen LogP contribution in [0.2, 0.25) is 0 Å². The van der Waals surface area contributed by atoms with E-state index in [0.29, 0.717) is 23.8 Å². The number of carbonyl (C=O) groups excluding carboxylic acids is 1. The number of ether oxygens (including phenoxy) is 1. The fourth-order valence-electron chi connectivity index (χ4n) is 5.31. The van der Waals surface area contributed by atoms with Gasteiger partial charge < -0.3 is 24.4 Å². The predicted molar refractivity (Wildman–Crippen MR) is 159 cm³/mol. The minimum Gasteiger partial charge on any atom is -0.377 e. The maximum Gasteiger partial charge on any atom is 0.256 e. The summed E-state index contributed by atoms with van der Waals surface area (Å²) in [5.74, 6) is 0.913. The van der Waals surface area contributed by atoms with Crippen LogP contribution < -0.4 is 10.2 Å². The van der Waals surface area contributed by atoms with Crippen LogP contribution >= 0.6 is 0 Å². The van der Waals surface area contributed by atoms with Crippen LogP contribution in [0, 0.1) is 0 Å². The van der Waals surface area contributed by atoms with E-state index in [1.807, 2.05) is 31.3 Å². The van der Waals surface area contributed by atoms with Crippen molar-refractivity contribution in [2.24, 2.45) is 7.05 Å². The Morgan fingerprint density at radius 2 is 1.74 bits per heavy atom. The average Bonchev–Trinajstić information content (AvgIpc) is 3.32. The Morgan fingerprint density at radius 1 is 1.03 bits per heavy atom. The number of methoxy groups -OCH3 is 1. The summed E-state index contributed by atoms with van der Waals surface area (Å²) in [5, 5.41) is 4.17. The lowest BCUT2D eigenvalue weighted by Gasteiger charge is -2.33. The zero-order chi connectivity index (χ0) is 27.6. The minimum atomic E-state index is -0.395. The van der Waals surface area contributed by atoms with Crippen LogP contribution in [-0.4, -0.2) is 59.8 Å². The first-order valence-corrected chi connectivity index (χ1v) is 13.7. The summed E-state index contributed by atoms with van der Waals surface area (Å²) >= 11 is 0. The molecule has 1 saturated heterocycles. The average molecular weight is 526 g/mol. The van der Waals surface area contributed by atoms with E-state index in [4.69, 9.17) is 4.74 Å². The Bertz CT molecular complexity index is 1430. The van der Waals surface area contributed by atoms with Crippen molar-refractivity contribution < 1.29 is 9.53 Å². The highest BCUT2D eigenvalue weighted by Gasteiger charge is 2.24. The van der Waals surface area contributed by atoms with Gasteiger partial charge in [-0.2, -0.15) is 0 Å². The van der Waals surface area contributed by atoms with E-state index in [1.165, 1.54) is 16.5 Å². The van der Waals surface area contributed by atoms with E-state index in [9.17, 15) is 4.79 Å². The fraction of sp³-hybridized carbons (Fsp3) is 0.375. The Hall–Kier alpha value is -3.68. The van der Waals surface area contributed by atoms with Gasteiger partial charge in [-0.25, -0.2) is 4.98 Å². The molecule has 0 saturated carbocycles. The van der Waals surface area contributed by atoms with Crippen molar-refractivity contribution in [3.05, 3.63) is 84.2 Å². The van der Waals surface area contributed by atoms with Gasteiger partial charge in [0.05, 0.1) is 12.1 Å². The standard InChI is InChI=1S/C32H39N5O2/c1-32(2,39-5)22-37(27-10-11-29-26(20-27)15-19-36(29)4)28-12-16-33-30(21-28)34-31(38)25-8-6-23(7-9-25)24-13-17-35(3)18-14-24/h6-12,15-16,19-21,24H,13-14,17-18,22H2,1-5H3,(H,33,34,38). The molecule has 2 aromatic carbocycles.